The normalized spacial score (nSPS) is 10.2. The van der Waals surface area contributed by atoms with Crippen LogP contribution in [-0.2, 0) is 11.2 Å². The zero-order chi connectivity index (χ0) is 17.7. The second kappa shape index (κ2) is 7.88. The molecule has 0 saturated heterocycles. The Morgan fingerprint density at radius 2 is 1.71 bits per heavy atom. The number of hydrogen-bond donors (Lipinski definition) is 1. The van der Waals surface area contributed by atoms with Crippen molar-refractivity contribution in [2.75, 3.05) is 26.6 Å². The van der Waals surface area contributed by atoms with Gasteiger partial charge in [0.25, 0.3) is 0 Å². The van der Waals surface area contributed by atoms with E-state index in [2.05, 4.69) is 5.32 Å². The lowest BCUT2D eigenvalue weighted by Gasteiger charge is -2.14. The first-order valence-corrected chi connectivity index (χ1v) is 7.40. The average molecular weight is 354 g/mol. The van der Waals surface area contributed by atoms with Crippen molar-refractivity contribution in [3.05, 3.63) is 46.7 Å². The van der Waals surface area contributed by atoms with Crippen LogP contribution in [0.3, 0.4) is 0 Å². The van der Waals surface area contributed by atoms with Crippen LogP contribution in [0.4, 0.5) is 10.1 Å². The third-order valence-corrected chi connectivity index (χ3v) is 3.53. The quantitative estimate of drug-likeness (QED) is 0.860. The van der Waals surface area contributed by atoms with Gasteiger partial charge in [-0.1, -0.05) is 11.6 Å². The highest BCUT2D eigenvalue weighted by Crippen LogP contribution is 2.38. The topological polar surface area (TPSA) is 56.8 Å². The molecule has 0 radical (unpaired) electrons. The number of carbonyl (C=O) groups is 1. The lowest BCUT2D eigenvalue weighted by atomic mass is 10.1. The lowest BCUT2D eigenvalue weighted by Crippen LogP contribution is -2.15. The van der Waals surface area contributed by atoms with E-state index < -0.39 is 11.7 Å². The van der Waals surface area contributed by atoms with Crippen molar-refractivity contribution in [1.82, 2.24) is 0 Å². The maximum Gasteiger partial charge on any atom is 0.228 e. The number of hydrogen-bond acceptors (Lipinski definition) is 4. The minimum Gasteiger partial charge on any atom is -0.493 e. The summed E-state index contributed by atoms with van der Waals surface area (Å²) in [6.45, 7) is 0. The van der Waals surface area contributed by atoms with E-state index in [4.69, 9.17) is 25.8 Å². The zero-order valence-corrected chi connectivity index (χ0v) is 14.2. The van der Waals surface area contributed by atoms with Gasteiger partial charge in [-0.15, -0.1) is 0 Å². The molecule has 7 heteroatoms. The first-order valence-electron chi connectivity index (χ1n) is 7.02. The molecule has 1 N–H and O–H groups in total. The van der Waals surface area contributed by atoms with Gasteiger partial charge in [0.2, 0.25) is 11.7 Å². The lowest BCUT2D eigenvalue weighted by molar-refractivity contribution is -0.115. The SMILES string of the molecule is COc1cc(CC(=O)Nc2cc(Cl)ccc2F)cc(OC)c1OC. The van der Waals surface area contributed by atoms with Gasteiger partial charge in [-0.3, -0.25) is 4.79 Å². The molecule has 5 nitrogen and oxygen atoms in total. The van der Waals surface area contributed by atoms with Crippen LogP contribution in [0.1, 0.15) is 5.56 Å². The Balaban J connectivity index is 2.21. The monoisotopic (exact) mass is 353 g/mol. The van der Waals surface area contributed by atoms with Crippen LogP contribution < -0.4 is 19.5 Å². The summed E-state index contributed by atoms with van der Waals surface area (Å²) in [5.41, 5.74) is 0.657. The van der Waals surface area contributed by atoms with Crippen molar-refractivity contribution in [2.45, 2.75) is 6.42 Å². The van der Waals surface area contributed by atoms with Crippen molar-refractivity contribution >= 4 is 23.2 Å². The number of carbonyl (C=O) groups excluding carboxylic acids is 1. The van der Waals surface area contributed by atoms with Crippen molar-refractivity contribution < 1.29 is 23.4 Å². The molecule has 2 aromatic carbocycles. The summed E-state index contributed by atoms with van der Waals surface area (Å²) >= 11 is 5.81. The van der Waals surface area contributed by atoms with Gasteiger partial charge in [0.15, 0.2) is 11.5 Å². The average Bonchev–Trinajstić information content (AvgIpc) is 2.57. The van der Waals surface area contributed by atoms with E-state index >= 15 is 0 Å². The highest BCUT2D eigenvalue weighted by atomic mass is 35.5. The molecule has 0 heterocycles. The second-order valence-corrected chi connectivity index (χ2v) is 5.32. The van der Waals surface area contributed by atoms with Gasteiger partial charge in [0.1, 0.15) is 5.82 Å². The van der Waals surface area contributed by atoms with E-state index in [1.807, 2.05) is 0 Å². The van der Waals surface area contributed by atoms with Gasteiger partial charge >= 0.3 is 0 Å². The molecule has 128 valence electrons. The van der Waals surface area contributed by atoms with E-state index in [1.54, 1.807) is 12.1 Å². The molecule has 0 unspecified atom stereocenters. The molecular formula is C17H17ClFNO4. The molecule has 0 aliphatic heterocycles. The Bertz CT molecular complexity index is 726. The van der Waals surface area contributed by atoms with Crippen LogP contribution in [-0.4, -0.2) is 27.2 Å². The minimum atomic E-state index is -0.558. The molecule has 0 spiro atoms. The first-order chi connectivity index (χ1) is 11.5. The van der Waals surface area contributed by atoms with E-state index in [0.29, 0.717) is 27.8 Å². The minimum absolute atomic E-state index is 0.00265. The number of methoxy groups -OCH3 is 3. The van der Waals surface area contributed by atoms with Crippen LogP contribution in [0.5, 0.6) is 17.2 Å². The van der Waals surface area contributed by atoms with Gasteiger partial charge in [0, 0.05) is 5.02 Å². The van der Waals surface area contributed by atoms with Crippen LogP contribution in [0.2, 0.25) is 5.02 Å². The summed E-state index contributed by atoms with van der Waals surface area (Å²) < 4.78 is 29.4. The summed E-state index contributed by atoms with van der Waals surface area (Å²) in [6, 6.07) is 7.28. The van der Waals surface area contributed by atoms with Gasteiger partial charge in [-0.05, 0) is 35.9 Å². The van der Waals surface area contributed by atoms with E-state index in [0.717, 1.165) is 0 Å². The van der Waals surface area contributed by atoms with Crippen LogP contribution in [0.25, 0.3) is 0 Å². The summed E-state index contributed by atoms with van der Waals surface area (Å²) in [5, 5.41) is 2.82. The fourth-order valence-corrected chi connectivity index (χ4v) is 2.38. The van der Waals surface area contributed by atoms with Gasteiger partial charge in [-0.2, -0.15) is 0 Å². The molecular weight excluding hydrogens is 337 g/mol. The van der Waals surface area contributed by atoms with Gasteiger partial charge in [-0.25, -0.2) is 4.39 Å². The molecule has 0 bridgehead atoms. The smallest absolute Gasteiger partial charge is 0.228 e. The highest BCUT2D eigenvalue weighted by molar-refractivity contribution is 6.30. The van der Waals surface area contributed by atoms with Crippen LogP contribution >= 0.6 is 11.6 Å². The maximum atomic E-state index is 13.7. The van der Waals surface area contributed by atoms with Crippen LogP contribution in [0, 0.1) is 5.82 Å². The molecule has 1 amide bonds. The molecule has 2 rings (SSSR count). The summed E-state index contributed by atoms with van der Waals surface area (Å²) in [4.78, 5) is 12.2. The fourth-order valence-electron chi connectivity index (χ4n) is 2.21. The highest BCUT2D eigenvalue weighted by Gasteiger charge is 2.15. The maximum absolute atomic E-state index is 13.7. The molecule has 2 aromatic rings. The molecule has 0 aromatic heterocycles. The second-order valence-electron chi connectivity index (χ2n) is 4.88. The number of ether oxygens (including phenoxy) is 3. The molecule has 0 fully saturated rings. The third kappa shape index (κ3) is 4.08. The summed E-state index contributed by atoms with van der Waals surface area (Å²) in [5.74, 6) is 0.357. The third-order valence-electron chi connectivity index (χ3n) is 3.29. The first kappa shape index (κ1) is 17.9. The number of rotatable bonds is 6. The Kier molecular flexibility index (Phi) is 5.87. The zero-order valence-electron chi connectivity index (χ0n) is 13.5. The Labute approximate surface area is 144 Å². The number of nitrogens with one attached hydrogen (secondary N) is 1. The summed E-state index contributed by atoms with van der Waals surface area (Å²) in [7, 11) is 4.47. The van der Waals surface area contributed by atoms with Crippen molar-refractivity contribution in [3.63, 3.8) is 0 Å². The number of halogens is 2. The van der Waals surface area contributed by atoms with Crippen LogP contribution in [0.15, 0.2) is 30.3 Å². The summed E-state index contributed by atoms with van der Waals surface area (Å²) in [6.07, 6.45) is 0.00265. The largest absolute Gasteiger partial charge is 0.493 e. The molecule has 0 saturated carbocycles. The van der Waals surface area contributed by atoms with E-state index in [9.17, 15) is 9.18 Å². The van der Waals surface area contributed by atoms with Crippen molar-refractivity contribution in [1.29, 1.82) is 0 Å². The molecule has 0 aliphatic rings. The molecule has 0 atom stereocenters. The molecule has 24 heavy (non-hydrogen) atoms. The number of amides is 1. The van der Waals surface area contributed by atoms with Gasteiger partial charge in [0.05, 0.1) is 33.4 Å². The molecule has 0 aliphatic carbocycles. The van der Waals surface area contributed by atoms with Gasteiger partial charge < -0.3 is 19.5 Å². The van der Waals surface area contributed by atoms with E-state index in [-0.39, 0.29) is 12.1 Å². The fraction of sp³-hybridized carbons (Fsp3) is 0.235. The number of benzene rings is 2. The number of anilines is 1. The Hall–Kier alpha value is -2.47. The Morgan fingerprint density at radius 1 is 1.08 bits per heavy atom. The predicted molar refractivity (Wildman–Crippen MR) is 89.8 cm³/mol. The predicted octanol–water partition coefficient (Wildman–Crippen LogP) is 3.69. The van der Waals surface area contributed by atoms with Crippen molar-refractivity contribution in [2.24, 2.45) is 0 Å². The van der Waals surface area contributed by atoms with Crippen molar-refractivity contribution in [3.8, 4) is 17.2 Å². The standard InChI is InChI=1S/C17H17ClFNO4/c1-22-14-6-10(7-15(23-2)17(14)24-3)8-16(21)20-13-9-11(18)4-5-12(13)19/h4-7,9H,8H2,1-3H3,(H,20,21). The van der Waals surface area contributed by atoms with E-state index in [1.165, 1.54) is 39.5 Å². The Morgan fingerprint density at radius 3 is 2.25 bits per heavy atom.